The zero-order chi connectivity index (χ0) is 21.4. The number of fused-ring (bicyclic) bond motifs is 6. The Kier molecular flexibility index (Phi) is 3.73. The van der Waals surface area contributed by atoms with Gasteiger partial charge in [-0.25, -0.2) is 9.69 Å². The van der Waals surface area contributed by atoms with Crippen molar-refractivity contribution in [2.75, 3.05) is 5.01 Å². The summed E-state index contributed by atoms with van der Waals surface area (Å²) in [6, 6.07) is 20.4. The standard InChI is InChI=1S/C25H26N4O2/c1-16-20-22(28(26-16)18-11-7-5-8-12-18)30-25(4)15-24(20,3)31-23-21(25)17(2)27-29(23)19-13-9-6-10-14-19/h5-14,20,22H,15H2,1-4H3/t20-,22+,24-,25+/m1/s1. The lowest BCUT2D eigenvalue weighted by atomic mass is 9.70. The molecule has 3 aromatic rings. The topological polar surface area (TPSA) is 51.9 Å². The Hall–Kier alpha value is -3.12. The van der Waals surface area contributed by atoms with Gasteiger partial charge >= 0.3 is 0 Å². The van der Waals surface area contributed by atoms with E-state index >= 15 is 0 Å². The van der Waals surface area contributed by atoms with Gasteiger partial charge in [0.25, 0.3) is 0 Å². The van der Waals surface area contributed by atoms with Gasteiger partial charge < -0.3 is 9.47 Å². The molecular formula is C25H26N4O2. The molecule has 1 fully saturated rings. The minimum Gasteiger partial charge on any atom is -0.470 e. The van der Waals surface area contributed by atoms with Crippen LogP contribution in [0.3, 0.4) is 0 Å². The molecule has 0 radical (unpaired) electrons. The summed E-state index contributed by atoms with van der Waals surface area (Å²) in [4.78, 5) is 0. The van der Waals surface area contributed by atoms with Crippen molar-refractivity contribution in [3.05, 3.63) is 71.9 Å². The van der Waals surface area contributed by atoms with E-state index in [1.54, 1.807) is 0 Å². The first-order valence-corrected chi connectivity index (χ1v) is 10.8. The van der Waals surface area contributed by atoms with Crippen molar-refractivity contribution in [1.29, 1.82) is 0 Å². The van der Waals surface area contributed by atoms with Gasteiger partial charge in [-0.2, -0.15) is 10.2 Å². The van der Waals surface area contributed by atoms with Crippen molar-refractivity contribution in [3.63, 3.8) is 0 Å². The summed E-state index contributed by atoms with van der Waals surface area (Å²) in [5, 5.41) is 11.8. The second kappa shape index (κ2) is 6.20. The third kappa shape index (κ3) is 2.54. The van der Waals surface area contributed by atoms with Gasteiger partial charge in [0.15, 0.2) is 6.23 Å². The van der Waals surface area contributed by atoms with E-state index in [2.05, 4.69) is 32.9 Å². The Morgan fingerprint density at radius 3 is 2.26 bits per heavy atom. The van der Waals surface area contributed by atoms with Crippen molar-refractivity contribution < 1.29 is 9.47 Å². The number of hydrogen-bond acceptors (Lipinski definition) is 5. The summed E-state index contributed by atoms with van der Waals surface area (Å²) in [5.74, 6) is 0.803. The smallest absolute Gasteiger partial charge is 0.223 e. The molecule has 3 aliphatic rings. The molecule has 3 aliphatic heterocycles. The van der Waals surface area contributed by atoms with Crippen molar-refractivity contribution in [2.45, 2.75) is 51.5 Å². The minimum absolute atomic E-state index is 0.0216. The summed E-state index contributed by atoms with van der Waals surface area (Å²) in [7, 11) is 0. The summed E-state index contributed by atoms with van der Waals surface area (Å²) >= 11 is 0. The molecule has 0 N–H and O–H groups in total. The molecule has 0 aliphatic carbocycles. The molecule has 0 spiro atoms. The summed E-state index contributed by atoms with van der Waals surface area (Å²) in [6.45, 7) is 8.48. The molecule has 6 heteroatoms. The van der Waals surface area contributed by atoms with Gasteiger partial charge in [-0.05, 0) is 52.0 Å². The van der Waals surface area contributed by atoms with E-state index in [1.165, 1.54) is 0 Å². The molecule has 0 saturated carbocycles. The average Bonchev–Trinajstić information content (AvgIpc) is 3.26. The Morgan fingerprint density at radius 1 is 0.935 bits per heavy atom. The molecule has 6 nitrogen and oxygen atoms in total. The first-order valence-electron chi connectivity index (χ1n) is 10.8. The fourth-order valence-corrected chi connectivity index (χ4v) is 5.79. The lowest BCUT2D eigenvalue weighted by Crippen LogP contribution is -2.63. The van der Waals surface area contributed by atoms with Crippen molar-refractivity contribution >= 4 is 11.4 Å². The monoisotopic (exact) mass is 414 g/mol. The van der Waals surface area contributed by atoms with Crippen LogP contribution in [-0.2, 0) is 10.3 Å². The molecule has 1 aromatic heterocycles. The van der Waals surface area contributed by atoms with Crippen LogP contribution in [0.5, 0.6) is 5.88 Å². The lowest BCUT2D eigenvalue weighted by molar-refractivity contribution is -0.212. The van der Waals surface area contributed by atoms with Crippen molar-refractivity contribution in [2.24, 2.45) is 11.0 Å². The fourth-order valence-electron chi connectivity index (χ4n) is 5.79. The van der Waals surface area contributed by atoms with E-state index in [1.807, 2.05) is 65.1 Å². The first-order chi connectivity index (χ1) is 14.9. The summed E-state index contributed by atoms with van der Waals surface area (Å²) in [6.07, 6.45) is 0.532. The highest BCUT2D eigenvalue weighted by Crippen LogP contribution is 2.57. The maximum absolute atomic E-state index is 6.91. The lowest BCUT2D eigenvalue weighted by Gasteiger charge is -2.54. The molecule has 4 atom stereocenters. The molecule has 4 heterocycles. The third-order valence-electron chi connectivity index (χ3n) is 6.87. The number of nitrogens with zero attached hydrogens (tertiary/aromatic N) is 4. The second-order valence-electron chi connectivity index (χ2n) is 9.24. The zero-order valence-corrected chi connectivity index (χ0v) is 18.2. The highest BCUT2D eigenvalue weighted by Gasteiger charge is 2.63. The number of aryl methyl sites for hydroxylation is 1. The number of ether oxygens (including phenoxy) is 2. The van der Waals surface area contributed by atoms with E-state index in [4.69, 9.17) is 19.7 Å². The Morgan fingerprint density at radius 2 is 1.58 bits per heavy atom. The van der Waals surface area contributed by atoms with Gasteiger partial charge in [0.2, 0.25) is 5.88 Å². The first kappa shape index (κ1) is 18.6. The largest absolute Gasteiger partial charge is 0.470 e. The molecule has 2 aromatic carbocycles. The molecule has 2 bridgehead atoms. The summed E-state index contributed by atoms with van der Waals surface area (Å²) in [5.41, 5.74) is 4.03. The van der Waals surface area contributed by atoms with Crippen molar-refractivity contribution in [1.82, 2.24) is 9.78 Å². The van der Waals surface area contributed by atoms with E-state index in [0.717, 1.165) is 40.6 Å². The van der Waals surface area contributed by atoms with E-state index in [-0.39, 0.29) is 12.1 Å². The van der Waals surface area contributed by atoms with Crippen LogP contribution in [0.1, 0.15) is 38.4 Å². The van der Waals surface area contributed by atoms with Crippen LogP contribution in [0.2, 0.25) is 0 Å². The number of hydrazone groups is 1. The highest BCUT2D eigenvalue weighted by molar-refractivity contribution is 5.90. The van der Waals surface area contributed by atoms with E-state index < -0.39 is 11.2 Å². The Bertz CT molecular complexity index is 1190. The van der Waals surface area contributed by atoms with Crippen LogP contribution in [0.15, 0.2) is 65.8 Å². The number of benzene rings is 2. The van der Waals surface area contributed by atoms with Crippen LogP contribution in [0.4, 0.5) is 5.69 Å². The van der Waals surface area contributed by atoms with Crippen molar-refractivity contribution in [3.8, 4) is 11.6 Å². The maximum Gasteiger partial charge on any atom is 0.223 e. The molecule has 0 unspecified atom stereocenters. The minimum atomic E-state index is -0.520. The van der Waals surface area contributed by atoms with Gasteiger partial charge in [0, 0.05) is 12.1 Å². The van der Waals surface area contributed by atoms with Gasteiger partial charge in [0.05, 0.1) is 28.6 Å². The van der Waals surface area contributed by atoms with Crippen LogP contribution in [-0.4, -0.2) is 27.3 Å². The van der Waals surface area contributed by atoms with Crippen LogP contribution in [0, 0.1) is 12.8 Å². The predicted octanol–water partition coefficient (Wildman–Crippen LogP) is 4.81. The number of rotatable bonds is 2. The quantitative estimate of drug-likeness (QED) is 0.604. The third-order valence-corrected chi connectivity index (χ3v) is 6.87. The maximum atomic E-state index is 6.91. The van der Waals surface area contributed by atoms with Gasteiger partial charge in [-0.15, -0.1) is 0 Å². The van der Waals surface area contributed by atoms with Crippen LogP contribution in [0.25, 0.3) is 5.69 Å². The molecule has 31 heavy (non-hydrogen) atoms. The molecule has 0 amide bonds. The molecule has 1 saturated heterocycles. The second-order valence-corrected chi connectivity index (χ2v) is 9.24. The van der Waals surface area contributed by atoms with E-state index in [0.29, 0.717) is 0 Å². The van der Waals surface area contributed by atoms with Gasteiger partial charge in [-0.1, -0.05) is 36.4 Å². The number of anilines is 1. The Labute approximate surface area is 182 Å². The molecular weight excluding hydrogens is 388 g/mol. The van der Waals surface area contributed by atoms with Gasteiger partial charge in [0.1, 0.15) is 11.2 Å². The normalized spacial score (nSPS) is 31.0. The highest BCUT2D eigenvalue weighted by atomic mass is 16.6. The Balaban J connectivity index is 1.50. The molecule has 158 valence electrons. The predicted molar refractivity (Wildman–Crippen MR) is 120 cm³/mol. The SMILES string of the molecule is CC1=NN(c2ccccc2)[C@H]2O[C@@]3(C)C[C@@](C)(Oc4c3c(C)nn4-c3ccccc3)[C@H]12. The van der Waals surface area contributed by atoms with Crippen LogP contribution >= 0.6 is 0 Å². The van der Waals surface area contributed by atoms with E-state index in [9.17, 15) is 0 Å². The number of aromatic nitrogens is 2. The average molecular weight is 415 g/mol. The van der Waals surface area contributed by atoms with Gasteiger partial charge in [-0.3, -0.25) is 0 Å². The number of hydrogen-bond donors (Lipinski definition) is 0. The molecule has 6 rings (SSSR count). The number of para-hydroxylation sites is 2. The van der Waals surface area contributed by atoms with Crippen LogP contribution < -0.4 is 9.75 Å². The zero-order valence-electron chi connectivity index (χ0n) is 18.2. The summed E-state index contributed by atoms with van der Waals surface area (Å²) < 4.78 is 15.7. The fraction of sp³-hybridized carbons (Fsp3) is 0.360.